The van der Waals surface area contributed by atoms with Gasteiger partial charge >= 0.3 is 0 Å². The van der Waals surface area contributed by atoms with Crippen LogP contribution in [0.25, 0.3) is 0 Å². The van der Waals surface area contributed by atoms with E-state index in [2.05, 4.69) is 38.2 Å². The fourth-order valence-corrected chi connectivity index (χ4v) is 2.82. The Kier molecular flexibility index (Phi) is 4.59. The van der Waals surface area contributed by atoms with Crippen LogP contribution in [-0.2, 0) is 11.2 Å². The Morgan fingerprint density at radius 1 is 1.26 bits per heavy atom. The third-order valence-corrected chi connectivity index (χ3v) is 3.78. The molecule has 0 radical (unpaired) electrons. The molecule has 3 nitrogen and oxygen atoms in total. The van der Waals surface area contributed by atoms with Crippen molar-refractivity contribution in [3.63, 3.8) is 0 Å². The van der Waals surface area contributed by atoms with E-state index in [0.29, 0.717) is 18.5 Å². The largest absolute Gasteiger partial charge is 0.340 e. The second kappa shape index (κ2) is 6.20. The van der Waals surface area contributed by atoms with E-state index >= 15 is 0 Å². The van der Waals surface area contributed by atoms with Crippen molar-refractivity contribution >= 4 is 5.91 Å². The summed E-state index contributed by atoms with van der Waals surface area (Å²) in [5.41, 5.74) is 2.56. The third kappa shape index (κ3) is 3.80. The standard InChI is InChI=1S/C16H24N2O/c1-12-6-4-5-7-15(12)8-9-16(19)18-10-13(2)17-14(3)11-18/h4-7,13-14,17H,8-11H2,1-3H3/t13-,14-/m1/s1. The minimum absolute atomic E-state index is 0.281. The molecule has 1 fully saturated rings. The lowest BCUT2D eigenvalue weighted by Crippen LogP contribution is -2.55. The van der Waals surface area contributed by atoms with Gasteiger partial charge in [-0.25, -0.2) is 0 Å². The normalized spacial score (nSPS) is 23.4. The molecular formula is C16H24N2O. The first-order chi connectivity index (χ1) is 9.06. The zero-order valence-electron chi connectivity index (χ0n) is 12.1. The van der Waals surface area contributed by atoms with Gasteiger partial charge in [0.1, 0.15) is 0 Å². The molecule has 0 aliphatic carbocycles. The maximum absolute atomic E-state index is 12.3. The zero-order valence-corrected chi connectivity index (χ0v) is 12.1. The average molecular weight is 260 g/mol. The monoisotopic (exact) mass is 260 g/mol. The van der Waals surface area contributed by atoms with Crippen molar-refractivity contribution in [2.45, 2.75) is 45.7 Å². The summed E-state index contributed by atoms with van der Waals surface area (Å²) in [6, 6.07) is 9.10. The first-order valence-electron chi connectivity index (χ1n) is 7.14. The topological polar surface area (TPSA) is 32.3 Å². The minimum Gasteiger partial charge on any atom is -0.340 e. The molecule has 0 saturated carbocycles. The predicted octanol–water partition coefficient (Wildman–Crippen LogP) is 2.14. The van der Waals surface area contributed by atoms with Crippen LogP contribution < -0.4 is 5.32 Å². The maximum Gasteiger partial charge on any atom is 0.223 e. The summed E-state index contributed by atoms with van der Waals surface area (Å²) in [4.78, 5) is 14.3. The second-order valence-electron chi connectivity index (χ2n) is 5.69. The van der Waals surface area contributed by atoms with E-state index in [1.165, 1.54) is 11.1 Å². The summed E-state index contributed by atoms with van der Waals surface area (Å²) in [7, 11) is 0. The highest BCUT2D eigenvalue weighted by molar-refractivity contribution is 5.76. The summed E-state index contributed by atoms with van der Waals surface area (Å²) in [6.45, 7) is 8.04. The minimum atomic E-state index is 0.281. The fraction of sp³-hybridized carbons (Fsp3) is 0.562. The Bertz CT molecular complexity index is 434. The molecule has 1 aliphatic rings. The van der Waals surface area contributed by atoms with Gasteiger partial charge in [0, 0.05) is 31.6 Å². The van der Waals surface area contributed by atoms with Gasteiger partial charge in [0.2, 0.25) is 5.91 Å². The maximum atomic E-state index is 12.3. The summed E-state index contributed by atoms with van der Waals surface area (Å²) in [6.07, 6.45) is 1.46. The number of piperazine rings is 1. The van der Waals surface area contributed by atoms with Gasteiger partial charge < -0.3 is 10.2 Å². The number of rotatable bonds is 3. The van der Waals surface area contributed by atoms with Gasteiger partial charge in [-0.05, 0) is 38.3 Å². The van der Waals surface area contributed by atoms with Gasteiger partial charge in [0.15, 0.2) is 0 Å². The molecule has 1 heterocycles. The number of carbonyl (C=O) groups excluding carboxylic acids is 1. The van der Waals surface area contributed by atoms with Crippen molar-refractivity contribution in [1.29, 1.82) is 0 Å². The predicted molar refractivity (Wildman–Crippen MR) is 78.1 cm³/mol. The highest BCUT2D eigenvalue weighted by Gasteiger charge is 2.24. The molecule has 0 spiro atoms. The SMILES string of the molecule is Cc1ccccc1CCC(=O)N1C[C@@H](C)N[C@H](C)C1. The van der Waals surface area contributed by atoms with Crippen LogP contribution in [0.1, 0.15) is 31.4 Å². The number of hydrogen-bond acceptors (Lipinski definition) is 2. The van der Waals surface area contributed by atoms with Crippen LogP contribution in [0.2, 0.25) is 0 Å². The van der Waals surface area contributed by atoms with Crippen molar-refractivity contribution in [3.8, 4) is 0 Å². The third-order valence-electron chi connectivity index (χ3n) is 3.78. The highest BCUT2D eigenvalue weighted by Crippen LogP contribution is 2.12. The Morgan fingerprint density at radius 2 is 1.89 bits per heavy atom. The molecule has 0 bridgehead atoms. The number of nitrogens with zero attached hydrogens (tertiary/aromatic N) is 1. The van der Waals surface area contributed by atoms with Crippen LogP contribution in [0.3, 0.4) is 0 Å². The van der Waals surface area contributed by atoms with E-state index in [9.17, 15) is 4.79 Å². The Balaban J connectivity index is 1.89. The van der Waals surface area contributed by atoms with E-state index in [4.69, 9.17) is 0 Å². The molecule has 1 amide bonds. The van der Waals surface area contributed by atoms with Gasteiger partial charge in [0.25, 0.3) is 0 Å². The summed E-state index contributed by atoms with van der Waals surface area (Å²) < 4.78 is 0. The zero-order chi connectivity index (χ0) is 13.8. The quantitative estimate of drug-likeness (QED) is 0.903. The number of nitrogens with one attached hydrogen (secondary N) is 1. The molecule has 1 aromatic rings. The Hall–Kier alpha value is -1.35. The van der Waals surface area contributed by atoms with Crippen molar-refractivity contribution in [1.82, 2.24) is 10.2 Å². The first-order valence-corrected chi connectivity index (χ1v) is 7.14. The number of hydrogen-bond donors (Lipinski definition) is 1. The molecule has 19 heavy (non-hydrogen) atoms. The van der Waals surface area contributed by atoms with Crippen LogP contribution in [-0.4, -0.2) is 36.0 Å². The number of benzene rings is 1. The Labute approximate surface area is 116 Å². The smallest absolute Gasteiger partial charge is 0.223 e. The molecule has 1 aliphatic heterocycles. The van der Waals surface area contributed by atoms with Gasteiger partial charge in [-0.3, -0.25) is 4.79 Å². The van der Waals surface area contributed by atoms with E-state index in [1.54, 1.807) is 0 Å². The molecule has 104 valence electrons. The van der Waals surface area contributed by atoms with Crippen LogP contribution in [0.4, 0.5) is 0 Å². The van der Waals surface area contributed by atoms with Crippen LogP contribution in [0.5, 0.6) is 0 Å². The van der Waals surface area contributed by atoms with Gasteiger partial charge in [0.05, 0.1) is 0 Å². The summed E-state index contributed by atoms with van der Waals surface area (Å²) in [5, 5.41) is 3.45. The van der Waals surface area contributed by atoms with Crippen molar-refractivity contribution in [2.24, 2.45) is 0 Å². The molecule has 0 aromatic heterocycles. The van der Waals surface area contributed by atoms with Gasteiger partial charge in [-0.1, -0.05) is 24.3 Å². The van der Waals surface area contributed by atoms with Gasteiger partial charge in [-0.2, -0.15) is 0 Å². The van der Waals surface area contributed by atoms with Gasteiger partial charge in [-0.15, -0.1) is 0 Å². The molecule has 1 saturated heterocycles. The lowest BCUT2D eigenvalue weighted by atomic mass is 10.0. The fourth-order valence-electron chi connectivity index (χ4n) is 2.82. The molecule has 3 heteroatoms. The summed E-state index contributed by atoms with van der Waals surface area (Å²) >= 11 is 0. The molecule has 1 N–H and O–H groups in total. The lowest BCUT2D eigenvalue weighted by Gasteiger charge is -2.36. The van der Waals surface area contributed by atoms with E-state index < -0.39 is 0 Å². The molecule has 2 rings (SSSR count). The van der Waals surface area contributed by atoms with E-state index in [1.807, 2.05) is 17.0 Å². The molecule has 1 aromatic carbocycles. The number of carbonyl (C=O) groups is 1. The average Bonchev–Trinajstić information content (AvgIpc) is 2.36. The lowest BCUT2D eigenvalue weighted by molar-refractivity contribution is -0.132. The second-order valence-corrected chi connectivity index (χ2v) is 5.69. The highest BCUT2D eigenvalue weighted by atomic mass is 16.2. The van der Waals surface area contributed by atoms with Crippen molar-refractivity contribution in [2.75, 3.05) is 13.1 Å². The van der Waals surface area contributed by atoms with Crippen molar-refractivity contribution < 1.29 is 4.79 Å². The van der Waals surface area contributed by atoms with E-state index in [0.717, 1.165) is 19.5 Å². The molecule has 2 atom stereocenters. The Morgan fingerprint density at radius 3 is 2.53 bits per heavy atom. The van der Waals surface area contributed by atoms with Crippen molar-refractivity contribution in [3.05, 3.63) is 35.4 Å². The number of aryl methyl sites for hydroxylation is 2. The number of amides is 1. The van der Waals surface area contributed by atoms with Crippen LogP contribution >= 0.6 is 0 Å². The first kappa shape index (κ1) is 14.1. The van der Waals surface area contributed by atoms with E-state index in [-0.39, 0.29) is 5.91 Å². The molecular weight excluding hydrogens is 236 g/mol. The summed E-state index contributed by atoms with van der Waals surface area (Å²) in [5.74, 6) is 0.281. The van der Waals surface area contributed by atoms with Crippen LogP contribution in [0.15, 0.2) is 24.3 Å². The van der Waals surface area contributed by atoms with Crippen LogP contribution in [0, 0.1) is 6.92 Å². The molecule has 0 unspecified atom stereocenters.